The first kappa shape index (κ1) is 13.3. The van der Waals surface area contributed by atoms with E-state index in [0.29, 0.717) is 17.7 Å². The van der Waals surface area contributed by atoms with E-state index >= 15 is 0 Å². The third-order valence-corrected chi connectivity index (χ3v) is 2.99. The number of amides is 1. The second-order valence-electron chi connectivity index (χ2n) is 4.29. The Morgan fingerprint density at radius 3 is 2.79 bits per heavy atom. The molecular weight excluding hydrogens is 242 g/mol. The Morgan fingerprint density at radius 2 is 2.16 bits per heavy atom. The van der Waals surface area contributed by atoms with Gasteiger partial charge in [-0.2, -0.15) is 5.10 Å². The van der Waals surface area contributed by atoms with Crippen molar-refractivity contribution in [3.63, 3.8) is 0 Å². The summed E-state index contributed by atoms with van der Waals surface area (Å²) in [6.07, 6.45) is 2.18. The maximum absolute atomic E-state index is 12.1. The molecule has 0 saturated heterocycles. The van der Waals surface area contributed by atoms with E-state index in [1.54, 1.807) is 0 Å². The molecule has 0 aliphatic carbocycles. The van der Waals surface area contributed by atoms with Gasteiger partial charge in [-0.3, -0.25) is 9.89 Å². The Labute approximate surface area is 111 Å². The minimum absolute atomic E-state index is 0.0687. The molecule has 1 aromatic heterocycles. The van der Waals surface area contributed by atoms with Crippen molar-refractivity contribution in [1.29, 1.82) is 0 Å². The second-order valence-corrected chi connectivity index (χ2v) is 4.29. The minimum atomic E-state index is -0.231. The van der Waals surface area contributed by atoms with Crippen LogP contribution in [0, 0.1) is 0 Å². The summed E-state index contributed by atoms with van der Waals surface area (Å²) in [4.78, 5) is 12.1. The van der Waals surface area contributed by atoms with E-state index in [4.69, 9.17) is 5.11 Å². The van der Waals surface area contributed by atoms with Gasteiger partial charge in [-0.15, -0.1) is 0 Å². The number of nitrogens with one attached hydrogen (secondary N) is 2. The Morgan fingerprint density at radius 1 is 1.42 bits per heavy atom. The van der Waals surface area contributed by atoms with E-state index in [1.165, 1.54) is 6.20 Å². The van der Waals surface area contributed by atoms with Crippen LogP contribution in [0.3, 0.4) is 0 Å². The lowest BCUT2D eigenvalue weighted by Gasteiger charge is -2.13. The highest BCUT2D eigenvalue weighted by molar-refractivity contribution is 5.99. The number of aliphatic hydroxyl groups is 1. The quantitative estimate of drug-likeness (QED) is 0.762. The number of aliphatic hydroxyl groups excluding tert-OH is 1. The predicted molar refractivity (Wildman–Crippen MR) is 72.7 cm³/mol. The molecular formula is C14H17N3O2. The van der Waals surface area contributed by atoms with Crippen molar-refractivity contribution >= 4 is 5.91 Å². The van der Waals surface area contributed by atoms with Crippen molar-refractivity contribution in [2.75, 3.05) is 6.61 Å². The number of nitrogens with zero attached hydrogens (tertiary/aromatic N) is 1. The van der Waals surface area contributed by atoms with Crippen LogP contribution in [-0.2, 0) is 0 Å². The van der Waals surface area contributed by atoms with Crippen LogP contribution in [0.2, 0.25) is 0 Å². The molecule has 0 aliphatic rings. The Kier molecular flexibility index (Phi) is 4.30. The molecule has 1 heterocycles. The highest BCUT2D eigenvalue weighted by Crippen LogP contribution is 2.20. The average molecular weight is 259 g/mol. The monoisotopic (exact) mass is 259 g/mol. The molecule has 0 bridgehead atoms. The highest BCUT2D eigenvalue weighted by Gasteiger charge is 2.17. The number of H-pyrrole nitrogens is 1. The molecule has 0 spiro atoms. The molecule has 0 radical (unpaired) electrons. The van der Waals surface area contributed by atoms with Gasteiger partial charge in [0, 0.05) is 5.56 Å². The van der Waals surface area contributed by atoms with Crippen LogP contribution in [-0.4, -0.2) is 33.9 Å². The highest BCUT2D eigenvalue weighted by atomic mass is 16.3. The molecule has 19 heavy (non-hydrogen) atoms. The molecule has 0 unspecified atom stereocenters. The molecule has 2 aromatic rings. The van der Waals surface area contributed by atoms with Gasteiger partial charge in [0.2, 0.25) is 0 Å². The Balaban J connectivity index is 2.23. The van der Waals surface area contributed by atoms with Crippen LogP contribution < -0.4 is 5.32 Å². The summed E-state index contributed by atoms with van der Waals surface area (Å²) in [6.45, 7) is 1.84. The van der Waals surface area contributed by atoms with E-state index in [2.05, 4.69) is 15.5 Å². The maximum atomic E-state index is 12.1. The number of hydrogen-bond acceptors (Lipinski definition) is 3. The lowest BCUT2D eigenvalue weighted by Crippen LogP contribution is -2.37. The smallest absolute Gasteiger partial charge is 0.255 e. The topological polar surface area (TPSA) is 78.0 Å². The summed E-state index contributed by atoms with van der Waals surface area (Å²) in [6, 6.07) is 9.31. The molecule has 5 heteroatoms. The number of hydrogen-bond donors (Lipinski definition) is 3. The largest absolute Gasteiger partial charge is 0.394 e. The van der Waals surface area contributed by atoms with Crippen molar-refractivity contribution in [1.82, 2.24) is 15.5 Å². The molecule has 1 amide bonds. The number of aromatic nitrogens is 2. The van der Waals surface area contributed by atoms with Crippen molar-refractivity contribution < 1.29 is 9.90 Å². The SMILES string of the molecule is CC[C@@H](CO)NC(=O)c1cn[nH]c1-c1ccccc1. The summed E-state index contributed by atoms with van der Waals surface area (Å²) in [5.74, 6) is -0.228. The van der Waals surface area contributed by atoms with Gasteiger partial charge >= 0.3 is 0 Å². The zero-order valence-corrected chi connectivity index (χ0v) is 10.8. The number of carbonyl (C=O) groups excluding carboxylic acids is 1. The van der Waals surface area contributed by atoms with Gasteiger partial charge in [-0.25, -0.2) is 0 Å². The third kappa shape index (κ3) is 3.00. The molecule has 100 valence electrons. The van der Waals surface area contributed by atoms with Crippen molar-refractivity contribution in [2.24, 2.45) is 0 Å². The van der Waals surface area contributed by atoms with Gasteiger partial charge in [0.25, 0.3) is 5.91 Å². The van der Waals surface area contributed by atoms with Gasteiger partial charge in [-0.1, -0.05) is 37.3 Å². The van der Waals surface area contributed by atoms with E-state index in [1.807, 2.05) is 37.3 Å². The van der Waals surface area contributed by atoms with Crippen molar-refractivity contribution in [2.45, 2.75) is 19.4 Å². The molecule has 1 aromatic carbocycles. The lowest BCUT2D eigenvalue weighted by molar-refractivity contribution is 0.0915. The number of carbonyl (C=O) groups is 1. The molecule has 0 fully saturated rings. The van der Waals surface area contributed by atoms with Crippen LogP contribution in [0.4, 0.5) is 0 Å². The summed E-state index contributed by atoms with van der Waals surface area (Å²) in [5.41, 5.74) is 2.08. The lowest BCUT2D eigenvalue weighted by atomic mass is 10.1. The number of aromatic amines is 1. The first-order valence-corrected chi connectivity index (χ1v) is 6.26. The van der Waals surface area contributed by atoms with Crippen LogP contribution >= 0.6 is 0 Å². The van der Waals surface area contributed by atoms with Crippen molar-refractivity contribution in [3.05, 3.63) is 42.1 Å². The van der Waals surface area contributed by atoms with Gasteiger partial charge in [-0.05, 0) is 6.42 Å². The molecule has 1 atom stereocenters. The minimum Gasteiger partial charge on any atom is -0.394 e. The fraction of sp³-hybridized carbons (Fsp3) is 0.286. The van der Waals surface area contributed by atoms with Crippen molar-refractivity contribution in [3.8, 4) is 11.3 Å². The van der Waals surface area contributed by atoms with E-state index in [-0.39, 0.29) is 18.6 Å². The van der Waals surface area contributed by atoms with Gasteiger partial charge in [0.15, 0.2) is 0 Å². The fourth-order valence-electron chi connectivity index (χ4n) is 1.82. The van der Waals surface area contributed by atoms with Gasteiger partial charge in [0.05, 0.1) is 30.1 Å². The Bertz CT molecular complexity index is 533. The number of rotatable bonds is 5. The normalized spacial score (nSPS) is 12.1. The average Bonchev–Trinajstić information content (AvgIpc) is 2.95. The van der Waals surface area contributed by atoms with Gasteiger partial charge in [0.1, 0.15) is 0 Å². The van der Waals surface area contributed by atoms with Crippen LogP contribution in [0.5, 0.6) is 0 Å². The first-order chi connectivity index (χ1) is 9.26. The summed E-state index contributed by atoms with van der Waals surface area (Å²) < 4.78 is 0. The third-order valence-electron chi connectivity index (χ3n) is 2.99. The van der Waals surface area contributed by atoms with Crippen LogP contribution in [0.15, 0.2) is 36.5 Å². The van der Waals surface area contributed by atoms with Crippen LogP contribution in [0.1, 0.15) is 23.7 Å². The van der Waals surface area contributed by atoms with E-state index < -0.39 is 0 Å². The zero-order valence-electron chi connectivity index (χ0n) is 10.8. The summed E-state index contributed by atoms with van der Waals surface area (Å²) in [5, 5.41) is 18.7. The summed E-state index contributed by atoms with van der Waals surface area (Å²) in [7, 11) is 0. The van der Waals surface area contributed by atoms with E-state index in [0.717, 1.165) is 5.56 Å². The van der Waals surface area contributed by atoms with Gasteiger partial charge < -0.3 is 10.4 Å². The standard InChI is InChI=1S/C14H17N3O2/c1-2-11(9-18)16-14(19)12-8-15-17-13(12)10-6-4-3-5-7-10/h3-8,11,18H,2,9H2,1H3,(H,15,17)(H,16,19)/t11-/m0/s1. The molecule has 3 N–H and O–H groups in total. The van der Waals surface area contributed by atoms with Crippen LogP contribution in [0.25, 0.3) is 11.3 Å². The molecule has 2 rings (SSSR count). The zero-order chi connectivity index (χ0) is 13.7. The Hall–Kier alpha value is -2.14. The summed E-state index contributed by atoms with van der Waals surface area (Å²) >= 11 is 0. The second kappa shape index (κ2) is 6.15. The molecule has 5 nitrogen and oxygen atoms in total. The molecule has 0 aliphatic heterocycles. The first-order valence-electron chi connectivity index (χ1n) is 6.26. The van der Waals surface area contributed by atoms with E-state index in [9.17, 15) is 4.79 Å². The predicted octanol–water partition coefficient (Wildman–Crippen LogP) is 1.58. The maximum Gasteiger partial charge on any atom is 0.255 e. The number of benzene rings is 1. The fourth-order valence-corrected chi connectivity index (χ4v) is 1.82. The molecule has 0 saturated carbocycles.